The molecule has 1 heterocycles. The molecule has 0 amide bonds. The van der Waals surface area contributed by atoms with Gasteiger partial charge in [0.15, 0.2) is 11.6 Å². The molecule has 1 aliphatic rings. The van der Waals surface area contributed by atoms with E-state index in [2.05, 4.69) is 0 Å². The van der Waals surface area contributed by atoms with Crippen LogP contribution in [-0.2, 0) is 18.8 Å². The molecule has 0 saturated carbocycles. The van der Waals surface area contributed by atoms with Crippen molar-refractivity contribution < 1.29 is 28.0 Å². The first kappa shape index (κ1) is 20.0. The van der Waals surface area contributed by atoms with Crippen LogP contribution in [0.15, 0.2) is 12.1 Å². The number of rotatable bonds is 5. The Bertz CT molecular complexity index is 649. The highest BCUT2D eigenvalue weighted by molar-refractivity contribution is 6.48. The van der Waals surface area contributed by atoms with Gasteiger partial charge in [-0.25, -0.2) is 4.39 Å². The van der Waals surface area contributed by atoms with Gasteiger partial charge in [-0.3, -0.25) is 4.79 Å². The van der Waals surface area contributed by atoms with E-state index in [1.54, 1.807) is 0 Å². The molecule has 8 heteroatoms. The van der Waals surface area contributed by atoms with Gasteiger partial charge in [0.1, 0.15) is 0 Å². The standard InChI is InChI=1S/C17H23BClFO5/c1-16(2)17(3,4)25-18(24-16)10(9-13(21)23-6)14-11(19)7-8-12(22-5)15(14)20/h7-8,10H,9H2,1-6H3. The lowest BCUT2D eigenvalue weighted by Crippen LogP contribution is -2.41. The molecule has 1 unspecified atom stereocenters. The third kappa shape index (κ3) is 3.78. The first-order chi connectivity index (χ1) is 11.5. The largest absolute Gasteiger partial charge is 0.494 e. The maximum atomic E-state index is 14.9. The lowest BCUT2D eigenvalue weighted by atomic mass is 9.66. The lowest BCUT2D eigenvalue weighted by molar-refractivity contribution is -0.140. The summed E-state index contributed by atoms with van der Waals surface area (Å²) in [5.74, 6) is -1.90. The summed E-state index contributed by atoms with van der Waals surface area (Å²) in [6.45, 7) is 7.52. The van der Waals surface area contributed by atoms with Crippen LogP contribution in [0.3, 0.4) is 0 Å². The van der Waals surface area contributed by atoms with Crippen LogP contribution in [-0.4, -0.2) is 38.5 Å². The summed E-state index contributed by atoms with van der Waals surface area (Å²) in [6, 6.07) is 2.95. The van der Waals surface area contributed by atoms with Crippen LogP contribution in [0.25, 0.3) is 0 Å². The van der Waals surface area contributed by atoms with E-state index < -0.39 is 35.9 Å². The summed E-state index contributed by atoms with van der Waals surface area (Å²) in [5.41, 5.74) is -1.15. The molecule has 1 fully saturated rings. The molecule has 0 radical (unpaired) electrons. The molecule has 0 N–H and O–H groups in total. The molecule has 0 aromatic heterocycles. The summed E-state index contributed by atoms with van der Waals surface area (Å²) in [5, 5.41) is 0.168. The van der Waals surface area contributed by atoms with Crippen molar-refractivity contribution in [3.8, 4) is 5.75 Å². The number of halogens is 2. The number of carbonyl (C=O) groups is 1. The SMILES string of the molecule is COC(=O)CC(B1OC(C)(C)C(C)(C)O1)c1c(Cl)ccc(OC)c1F. The van der Waals surface area contributed by atoms with Crippen LogP contribution in [0.1, 0.15) is 45.5 Å². The van der Waals surface area contributed by atoms with Gasteiger partial charge in [0.2, 0.25) is 0 Å². The zero-order valence-corrected chi connectivity index (χ0v) is 16.1. The van der Waals surface area contributed by atoms with Crippen molar-refractivity contribution in [1.82, 2.24) is 0 Å². The summed E-state index contributed by atoms with van der Waals surface area (Å²) in [4.78, 5) is 11.9. The Hall–Kier alpha value is -1.31. The predicted molar refractivity (Wildman–Crippen MR) is 93.4 cm³/mol. The fraction of sp³-hybridized carbons (Fsp3) is 0.588. The monoisotopic (exact) mass is 372 g/mol. The first-order valence-corrected chi connectivity index (χ1v) is 8.36. The summed E-state index contributed by atoms with van der Waals surface area (Å²) in [7, 11) is 1.77. The number of benzene rings is 1. The lowest BCUT2D eigenvalue weighted by Gasteiger charge is -2.32. The minimum absolute atomic E-state index is 0.0331. The number of esters is 1. The zero-order chi connectivity index (χ0) is 19.0. The Morgan fingerprint density at radius 1 is 1.24 bits per heavy atom. The third-order valence-corrected chi connectivity index (χ3v) is 5.23. The second-order valence-electron chi connectivity index (χ2n) is 6.99. The summed E-state index contributed by atoms with van der Waals surface area (Å²) < 4.78 is 36.7. The van der Waals surface area contributed by atoms with Crippen molar-refractivity contribution >= 4 is 24.7 Å². The van der Waals surface area contributed by atoms with Crippen molar-refractivity contribution in [3.05, 3.63) is 28.5 Å². The topological polar surface area (TPSA) is 54.0 Å². The molecule has 1 atom stereocenters. The minimum Gasteiger partial charge on any atom is -0.494 e. The molecule has 138 valence electrons. The van der Waals surface area contributed by atoms with Crippen molar-refractivity contribution in [1.29, 1.82) is 0 Å². The fourth-order valence-corrected chi connectivity index (χ4v) is 2.98. The molecule has 2 rings (SSSR count). The van der Waals surface area contributed by atoms with E-state index in [1.165, 1.54) is 26.4 Å². The second kappa shape index (κ2) is 7.13. The van der Waals surface area contributed by atoms with Gasteiger partial charge in [0.05, 0.1) is 31.8 Å². The van der Waals surface area contributed by atoms with Gasteiger partial charge < -0.3 is 18.8 Å². The Kier molecular flexibility index (Phi) is 5.71. The maximum absolute atomic E-state index is 14.9. The minimum atomic E-state index is -0.858. The highest BCUT2D eigenvalue weighted by Crippen LogP contribution is 2.44. The van der Waals surface area contributed by atoms with Crippen LogP contribution in [0, 0.1) is 5.82 Å². The average Bonchev–Trinajstić information content (AvgIpc) is 2.74. The molecule has 0 bridgehead atoms. The highest BCUT2D eigenvalue weighted by Gasteiger charge is 2.55. The van der Waals surface area contributed by atoms with Crippen LogP contribution in [0.4, 0.5) is 4.39 Å². The Balaban J connectivity index is 2.51. The molecule has 0 spiro atoms. The van der Waals surface area contributed by atoms with Gasteiger partial charge in [-0.2, -0.15) is 0 Å². The van der Waals surface area contributed by atoms with E-state index in [0.717, 1.165) is 0 Å². The van der Waals surface area contributed by atoms with Gasteiger partial charge in [0.25, 0.3) is 0 Å². The third-order valence-electron chi connectivity index (χ3n) is 4.90. The van der Waals surface area contributed by atoms with E-state index in [-0.39, 0.29) is 22.8 Å². The zero-order valence-electron chi connectivity index (χ0n) is 15.3. The normalized spacial score (nSPS) is 19.6. The Morgan fingerprint density at radius 3 is 2.28 bits per heavy atom. The van der Waals surface area contributed by atoms with Crippen LogP contribution >= 0.6 is 11.6 Å². The molecule has 5 nitrogen and oxygen atoms in total. The summed E-state index contributed by atoms with van der Waals surface area (Å²) in [6.07, 6.45) is -0.142. The van der Waals surface area contributed by atoms with Gasteiger partial charge in [0, 0.05) is 16.4 Å². The maximum Gasteiger partial charge on any atom is 0.466 e. The fourth-order valence-electron chi connectivity index (χ4n) is 2.70. The van der Waals surface area contributed by atoms with Crippen molar-refractivity contribution in [3.63, 3.8) is 0 Å². The predicted octanol–water partition coefficient (Wildman–Crippen LogP) is 3.77. The average molecular weight is 373 g/mol. The van der Waals surface area contributed by atoms with E-state index in [1.807, 2.05) is 27.7 Å². The van der Waals surface area contributed by atoms with Gasteiger partial charge in [-0.1, -0.05) is 11.6 Å². The van der Waals surface area contributed by atoms with E-state index >= 15 is 0 Å². The number of carbonyl (C=O) groups excluding carboxylic acids is 1. The molecule has 0 aliphatic carbocycles. The number of hydrogen-bond acceptors (Lipinski definition) is 5. The molecule has 1 aromatic carbocycles. The van der Waals surface area contributed by atoms with Crippen molar-refractivity contribution in [2.45, 2.75) is 51.1 Å². The van der Waals surface area contributed by atoms with E-state index in [9.17, 15) is 9.18 Å². The van der Waals surface area contributed by atoms with E-state index in [4.69, 9.17) is 30.4 Å². The van der Waals surface area contributed by atoms with Crippen LogP contribution in [0.2, 0.25) is 5.02 Å². The van der Waals surface area contributed by atoms with Gasteiger partial charge in [-0.05, 0) is 39.8 Å². The molecular weight excluding hydrogens is 349 g/mol. The van der Waals surface area contributed by atoms with Crippen molar-refractivity contribution in [2.75, 3.05) is 14.2 Å². The second-order valence-corrected chi connectivity index (χ2v) is 7.40. The smallest absolute Gasteiger partial charge is 0.466 e. The highest BCUT2D eigenvalue weighted by atomic mass is 35.5. The van der Waals surface area contributed by atoms with Crippen LogP contribution < -0.4 is 4.74 Å². The quantitative estimate of drug-likeness (QED) is 0.582. The number of ether oxygens (including phenoxy) is 2. The van der Waals surface area contributed by atoms with Crippen LogP contribution in [0.5, 0.6) is 5.75 Å². The van der Waals surface area contributed by atoms with Crippen molar-refractivity contribution in [2.24, 2.45) is 0 Å². The Morgan fingerprint density at radius 2 is 1.80 bits per heavy atom. The summed E-state index contributed by atoms with van der Waals surface area (Å²) >= 11 is 6.24. The molecule has 1 saturated heterocycles. The molecular formula is C17H23BClFO5. The molecule has 1 aromatic rings. The number of hydrogen-bond donors (Lipinski definition) is 0. The Labute approximate surface area is 152 Å². The first-order valence-electron chi connectivity index (χ1n) is 7.98. The van der Waals surface area contributed by atoms with E-state index in [0.29, 0.717) is 0 Å². The molecule has 25 heavy (non-hydrogen) atoms. The van der Waals surface area contributed by atoms with Gasteiger partial charge in [-0.15, -0.1) is 0 Å². The number of methoxy groups -OCH3 is 2. The molecule has 1 aliphatic heterocycles. The van der Waals surface area contributed by atoms with Gasteiger partial charge >= 0.3 is 13.1 Å².